The van der Waals surface area contributed by atoms with Crippen LogP contribution in [0.3, 0.4) is 0 Å². The van der Waals surface area contributed by atoms with Gasteiger partial charge in [0.05, 0.1) is 17.9 Å². The molecule has 0 radical (unpaired) electrons. The van der Waals surface area contributed by atoms with Gasteiger partial charge in [0.2, 0.25) is 0 Å². The van der Waals surface area contributed by atoms with E-state index in [9.17, 15) is 10.1 Å². The van der Waals surface area contributed by atoms with Crippen molar-refractivity contribution in [3.8, 4) is 22.4 Å². The van der Waals surface area contributed by atoms with Gasteiger partial charge in [0.15, 0.2) is 0 Å². The Morgan fingerprint density at radius 2 is 2.23 bits per heavy atom. The van der Waals surface area contributed by atoms with Crippen molar-refractivity contribution in [3.05, 3.63) is 34.3 Å². The third kappa shape index (κ3) is 3.65. The van der Waals surface area contributed by atoms with Gasteiger partial charge in [0, 0.05) is 5.56 Å². The first-order valence-corrected chi connectivity index (χ1v) is 7.96. The monoisotopic (exact) mass is 334 g/mol. The molecule has 0 N–H and O–H groups in total. The third-order valence-corrected chi connectivity index (χ3v) is 4.40. The first-order valence-electron chi connectivity index (χ1n) is 6.77. The van der Waals surface area contributed by atoms with Gasteiger partial charge in [-0.05, 0) is 42.6 Å². The SMILES string of the molecule is Cc1nc(-c2ccc(OCC(C)C)c(C#N)c2)sc1C(=O)Cl. The van der Waals surface area contributed by atoms with Crippen LogP contribution in [0.1, 0.15) is 34.8 Å². The van der Waals surface area contributed by atoms with Crippen LogP contribution in [0, 0.1) is 24.2 Å². The second kappa shape index (κ2) is 6.91. The van der Waals surface area contributed by atoms with Crippen LogP contribution in [0.4, 0.5) is 0 Å². The Kier molecular flexibility index (Phi) is 5.17. The minimum Gasteiger partial charge on any atom is -0.492 e. The van der Waals surface area contributed by atoms with Crippen LogP contribution in [0.2, 0.25) is 0 Å². The minimum absolute atomic E-state index is 0.380. The molecule has 0 aliphatic carbocycles. The van der Waals surface area contributed by atoms with E-state index in [-0.39, 0.29) is 0 Å². The molecule has 1 aromatic carbocycles. The average molecular weight is 335 g/mol. The topological polar surface area (TPSA) is 63.0 Å². The average Bonchev–Trinajstić information content (AvgIpc) is 2.87. The second-order valence-corrected chi connectivity index (χ2v) is 6.58. The van der Waals surface area contributed by atoms with Crippen LogP contribution in [0.15, 0.2) is 18.2 Å². The van der Waals surface area contributed by atoms with Gasteiger partial charge in [-0.15, -0.1) is 11.3 Å². The standard InChI is InChI=1S/C16H15ClN2O2S/c1-9(2)8-21-13-5-4-11(6-12(13)7-18)16-19-10(3)14(22-16)15(17)20/h4-6,9H,8H2,1-3H3. The molecule has 1 aromatic heterocycles. The molecule has 2 aromatic rings. The Morgan fingerprint density at radius 1 is 1.50 bits per heavy atom. The third-order valence-electron chi connectivity index (χ3n) is 2.89. The highest BCUT2D eigenvalue weighted by Gasteiger charge is 2.15. The van der Waals surface area contributed by atoms with E-state index in [4.69, 9.17) is 16.3 Å². The molecular weight excluding hydrogens is 320 g/mol. The zero-order valence-corrected chi connectivity index (χ0v) is 14.1. The number of hydrogen-bond donors (Lipinski definition) is 0. The van der Waals surface area contributed by atoms with E-state index in [1.165, 1.54) is 11.3 Å². The van der Waals surface area contributed by atoms with Crippen molar-refractivity contribution in [1.82, 2.24) is 4.98 Å². The summed E-state index contributed by atoms with van der Waals surface area (Å²) in [5.41, 5.74) is 1.81. The first-order chi connectivity index (χ1) is 10.4. The summed E-state index contributed by atoms with van der Waals surface area (Å²) in [5, 5.41) is 9.43. The van der Waals surface area contributed by atoms with Crippen LogP contribution in [0.25, 0.3) is 10.6 Å². The fourth-order valence-electron chi connectivity index (χ4n) is 1.83. The lowest BCUT2D eigenvalue weighted by atomic mass is 10.1. The molecule has 0 aliphatic rings. The van der Waals surface area contributed by atoms with E-state index in [1.54, 1.807) is 19.1 Å². The highest BCUT2D eigenvalue weighted by molar-refractivity contribution is 7.18. The molecule has 0 atom stereocenters. The summed E-state index contributed by atoms with van der Waals surface area (Å²) in [6, 6.07) is 7.44. The van der Waals surface area contributed by atoms with Gasteiger partial charge in [-0.25, -0.2) is 4.98 Å². The molecule has 4 nitrogen and oxygen atoms in total. The van der Waals surface area contributed by atoms with Crippen molar-refractivity contribution in [2.24, 2.45) is 5.92 Å². The summed E-state index contributed by atoms with van der Waals surface area (Å²) in [7, 11) is 0. The van der Waals surface area contributed by atoms with E-state index in [0.717, 1.165) is 5.56 Å². The summed E-state index contributed by atoms with van der Waals surface area (Å²) >= 11 is 6.74. The number of halogens is 1. The molecule has 2 rings (SSSR count). The zero-order chi connectivity index (χ0) is 16.3. The zero-order valence-electron chi connectivity index (χ0n) is 12.5. The number of carbonyl (C=O) groups is 1. The fourth-order valence-corrected chi connectivity index (χ4v) is 2.98. The number of nitriles is 1. The lowest BCUT2D eigenvalue weighted by Gasteiger charge is -2.10. The van der Waals surface area contributed by atoms with Gasteiger partial charge in [0.1, 0.15) is 21.7 Å². The first kappa shape index (κ1) is 16.5. The Morgan fingerprint density at radius 3 is 2.77 bits per heavy atom. The van der Waals surface area contributed by atoms with Crippen molar-refractivity contribution in [2.45, 2.75) is 20.8 Å². The molecule has 0 fully saturated rings. The van der Waals surface area contributed by atoms with Crippen molar-refractivity contribution in [1.29, 1.82) is 5.26 Å². The molecule has 0 aliphatic heterocycles. The van der Waals surface area contributed by atoms with Gasteiger partial charge in [0.25, 0.3) is 5.24 Å². The normalized spacial score (nSPS) is 10.5. The number of ether oxygens (including phenoxy) is 1. The van der Waals surface area contributed by atoms with Crippen LogP contribution in [-0.4, -0.2) is 16.8 Å². The number of nitrogens with zero attached hydrogens (tertiary/aromatic N) is 2. The molecule has 6 heteroatoms. The summed E-state index contributed by atoms with van der Waals surface area (Å²) in [6.07, 6.45) is 0. The van der Waals surface area contributed by atoms with Crippen LogP contribution in [-0.2, 0) is 0 Å². The van der Waals surface area contributed by atoms with Gasteiger partial charge < -0.3 is 4.74 Å². The number of aromatic nitrogens is 1. The van der Waals surface area contributed by atoms with Crippen LogP contribution >= 0.6 is 22.9 Å². The Hall–Kier alpha value is -1.90. The molecule has 0 unspecified atom stereocenters. The Labute approximate surface area is 138 Å². The highest BCUT2D eigenvalue weighted by atomic mass is 35.5. The van der Waals surface area contributed by atoms with E-state index < -0.39 is 5.24 Å². The maximum atomic E-state index is 11.3. The molecule has 0 amide bonds. The van der Waals surface area contributed by atoms with Gasteiger partial charge >= 0.3 is 0 Å². The molecule has 114 valence electrons. The number of aryl methyl sites for hydroxylation is 1. The summed E-state index contributed by atoms with van der Waals surface area (Å²) in [5.74, 6) is 0.937. The maximum Gasteiger partial charge on any atom is 0.264 e. The predicted octanol–water partition coefficient (Wildman–Crippen LogP) is 4.40. The van der Waals surface area contributed by atoms with E-state index in [2.05, 4.69) is 11.1 Å². The number of benzene rings is 1. The van der Waals surface area contributed by atoms with E-state index in [0.29, 0.717) is 39.4 Å². The van der Waals surface area contributed by atoms with Crippen molar-refractivity contribution >= 4 is 28.2 Å². The lowest BCUT2D eigenvalue weighted by molar-refractivity contribution is 0.108. The van der Waals surface area contributed by atoms with Crippen molar-refractivity contribution in [3.63, 3.8) is 0 Å². The molecule has 0 spiro atoms. The maximum absolute atomic E-state index is 11.3. The van der Waals surface area contributed by atoms with E-state index >= 15 is 0 Å². The van der Waals surface area contributed by atoms with Crippen molar-refractivity contribution in [2.75, 3.05) is 6.61 Å². The smallest absolute Gasteiger partial charge is 0.264 e. The van der Waals surface area contributed by atoms with Crippen molar-refractivity contribution < 1.29 is 9.53 Å². The summed E-state index contributed by atoms with van der Waals surface area (Å²) in [4.78, 5) is 16.1. The van der Waals surface area contributed by atoms with Gasteiger partial charge in [-0.1, -0.05) is 13.8 Å². The van der Waals surface area contributed by atoms with Crippen LogP contribution in [0.5, 0.6) is 5.75 Å². The summed E-state index contributed by atoms with van der Waals surface area (Å²) < 4.78 is 5.63. The largest absolute Gasteiger partial charge is 0.492 e. The van der Waals surface area contributed by atoms with Gasteiger partial charge in [-0.3, -0.25) is 4.79 Å². The molecule has 1 heterocycles. The fraction of sp³-hybridized carbons (Fsp3) is 0.312. The van der Waals surface area contributed by atoms with Gasteiger partial charge in [-0.2, -0.15) is 5.26 Å². The number of hydrogen-bond acceptors (Lipinski definition) is 5. The Balaban J connectivity index is 2.35. The highest BCUT2D eigenvalue weighted by Crippen LogP contribution is 2.32. The number of carbonyl (C=O) groups excluding carboxylic acids is 1. The van der Waals surface area contributed by atoms with E-state index in [1.807, 2.05) is 19.9 Å². The molecule has 22 heavy (non-hydrogen) atoms. The molecule has 0 saturated carbocycles. The second-order valence-electron chi connectivity index (χ2n) is 5.23. The lowest BCUT2D eigenvalue weighted by Crippen LogP contribution is -2.05. The molecule has 0 bridgehead atoms. The number of rotatable bonds is 5. The minimum atomic E-state index is -0.515. The van der Waals surface area contributed by atoms with Crippen LogP contribution < -0.4 is 4.74 Å². The molecular formula is C16H15ClN2O2S. The summed E-state index contributed by atoms with van der Waals surface area (Å²) in [6.45, 7) is 6.38. The quantitative estimate of drug-likeness (QED) is 0.760. The number of thiazole rings is 1. The Bertz CT molecular complexity index is 747. The molecule has 0 saturated heterocycles. The predicted molar refractivity (Wildman–Crippen MR) is 87.5 cm³/mol.